The maximum atomic E-state index is 12.4. The molecule has 0 aliphatic carbocycles. The van der Waals surface area contributed by atoms with Gasteiger partial charge in [-0.25, -0.2) is 0 Å². The summed E-state index contributed by atoms with van der Waals surface area (Å²) in [6, 6.07) is 5.27. The van der Waals surface area contributed by atoms with Crippen LogP contribution in [0, 0.1) is 12.8 Å². The quantitative estimate of drug-likeness (QED) is 0.926. The number of carboxylic acids is 1. The van der Waals surface area contributed by atoms with Gasteiger partial charge >= 0.3 is 5.97 Å². The molecular weight excluding hydrogens is 266 g/mol. The number of rotatable bonds is 3. The van der Waals surface area contributed by atoms with Gasteiger partial charge in [0.25, 0.3) is 5.91 Å². The molecule has 0 aromatic heterocycles. The van der Waals surface area contributed by atoms with Gasteiger partial charge in [0.05, 0.1) is 0 Å². The molecule has 2 rings (SSSR count). The number of amides is 1. The third-order valence-electron chi connectivity index (χ3n) is 3.53. The molecule has 102 valence electrons. The van der Waals surface area contributed by atoms with Gasteiger partial charge in [-0.1, -0.05) is 17.7 Å². The number of carbonyl (C=O) groups is 2. The zero-order valence-electron chi connectivity index (χ0n) is 10.7. The lowest BCUT2D eigenvalue weighted by Gasteiger charge is -2.18. The fourth-order valence-corrected chi connectivity index (χ4v) is 2.61. The molecular formula is C14H16ClNO3. The van der Waals surface area contributed by atoms with Crippen LogP contribution in [0.5, 0.6) is 0 Å². The summed E-state index contributed by atoms with van der Waals surface area (Å²) in [6.45, 7) is 2.94. The summed E-state index contributed by atoms with van der Waals surface area (Å²) in [7, 11) is 0. The molecule has 1 aliphatic rings. The Bertz CT molecular complexity index is 515. The fourth-order valence-electron chi connectivity index (χ4n) is 2.44. The van der Waals surface area contributed by atoms with Crippen LogP contribution in [-0.4, -0.2) is 35.0 Å². The summed E-state index contributed by atoms with van der Waals surface area (Å²) >= 11 is 6.01. The highest BCUT2D eigenvalue weighted by molar-refractivity contribution is 6.31. The van der Waals surface area contributed by atoms with Crippen LogP contribution in [0.15, 0.2) is 18.2 Å². The van der Waals surface area contributed by atoms with E-state index in [4.69, 9.17) is 16.7 Å². The van der Waals surface area contributed by atoms with E-state index in [0.29, 0.717) is 23.7 Å². The van der Waals surface area contributed by atoms with Crippen LogP contribution in [0.1, 0.15) is 28.8 Å². The van der Waals surface area contributed by atoms with Crippen molar-refractivity contribution in [2.24, 2.45) is 5.92 Å². The summed E-state index contributed by atoms with van der Waals surface area (Å²) in [6.07, 6.45) is 0.871. The van der Waals surface area contributed by atoms with E-state index in [9.17, 15) is 9.59 Å². The fraction of sp³-hybridized carbons (Fsp3) is 0.429. The molecule has 1 fully saturated rings. The normalized spacial score (nSPS) is 18.6. The standard InChI is InChI=1S/C14H16ClNO3/c1-9-11(3-2-4-12(9)15)14(19)16-6-5-10(8-16)7-13(17)18/h2-4,10H,5-8H2,1H3,(H,17,18). The molecule has 0 spiro atoms. The lowest BCUT2D eigenvalue weighted by atomic mass is 10.1. The Balaban J connectivity index is 2.09. The van der Waals surface area contributed by atoms with E-state index in [1.54, 1.807) is 23.1 Å². The topological polar surface area (TPSA) is 57.6 Å². The van der Waals surface area contributed by atoms with E-state index >= 15 is 0 Å². The molecule has 1 unspecified atom stereocenters. The molecule has 1 aromatic rings. The average molecular weight is 282 g/mol. The van der Waals surface area contributed by atoms with Gasteiger partial charge in [-0.05, 0) is 37.0 Å². The highest BCUT2D eigenvalue weighted by atomic mass is 35.5. The Labute approximate surface area is 117 Å². The first-order valence-electron chi connectivity index (χ1n) is 6.25. The molecule has 1 aliphatic heterocycles. The monoisotopic (exact) mass is 281 g/mol. The minimum absolute atomic E-state index is 0.0564. The van der Waals surface area contributed by atoms with Crippen molar-refractivity contribution in [3.8, 4) is 0 Å². The first-order chi connectivity index (χ1) is 8.99. The molecule has 19 heavy (non-hydrogen) atoms. The largest absolute Gasteiger partial charge is 0.481 e. The smallest absolute Gasteiger partial charge is 0.303 e. The zero-order valence-corrected chi connectivity index (χ0v) is 11.5. The number of benzene rings is 1. The van der Waals surface area contributed by atoms with Crippen molar-refractivity contribution in [1.29, 1.82) is 0 Å². The molecule has 1 amide bonds. The van der Waals surface area contributed by atoms with Crippen LogP contribution in [0.3, 0.4) is 0 Å². The first kappa shape index (κ1) is 13.9. The third kappa shape index (κ3) is 3.07. The Kier molecular flexibility index (Phi) is 4.10. The van der Waals surface area contributed by atoms with Gasteiger partial charge in [0.2, 0.25) is 0 Å². The second-order valence-corrected chi connectivity index (χ2v) is 5.32. The molecule has 0 bridgehead atoms. The molecule has 1 heterocycles. The lowest BCUT2D eigenvalue weighted by Crippen LogP contribution is -2.29. The van der Waals surface area contributed by atoms with Crippen molar-refractivity contribution in [3.05, 3.63) is 34.3 Å². The summed E-state index contributed by atoms with van der Waals surface area (Å²) < 4.78 is 0. The first-order valence-corrected chi connectivity index (χ1v) is 6.63. The van der Waals surface area contributed by atoms with Crippen LogP contribution < -0.4 is 0 Å². The van der Waals surface area contributed by atoms with Gasteiger partial charge < -0.3 is 10.0 Å². The van der Waals surface area contributed by atoms with E-state index in [-0.39, 0.29) is 18.2 Å². The summed E-state index contributed by atoms with van der Waals surface area (Å²) in [5, 5.41) is 9.35. The Morgan fingerprint density at radius 1 is 1.47 bits per heavy atom. The van der Waals surface area contributed by atoms with E-state index in [2.05, 4.69) is 0 Å². The SMILES string of the molecule is Cc1c(Cl)cccc1C(=O)N1CCC(CC(=O)O)C1. The molecule has 1 saturated heterocycles. The maximum Gasteiger partial charge on any atom is 0.303 e. The number of aliphatic carboxylic acids is 1. The van der Waals surface area contributed by atoms with Gasteiger partial charge in [0.1, 0.15) is 0 Å². The van der Waals surface area contributed by atoms with Gasteiger partial charge in [0, 0.05) is 30.1 Å². The second-order valence-electron chi connectivity index (χ2n) is 4.92. The molecule has 5 heteroatoms. The zero-order chi connectivity index (χ0) is 14.0. The summed E-state index contributed by atoms with van der Waals surface area (Å²) in [5.74, 6) is -0.813. The van der Waals surface area contributed by atoms with Crippen LogP contribution in [-0.2, 0) is 4.79 Å². The Hall–Kier alpha value is -1.55. The van der Waals surface area contributed by atoms with Crippen LogP contribution in [0.2, 0.25) is 5.02 Å². The number of likely N-dealkylation sites (tertiary alicyclic amines) is 1. The molecule has 4 nitrogen and oxygen atoms in total. The highest BCUT2D eigenvalue weighted by Crippen LogP contribution is 2.24. The van der Waals surface area contributed by atoms with E-state index in [0.717, 1.165) is 12.0 Å². The van der Waals surface area contributed by atoms with Gasteiger partial charge in [0.15, 0.2) is 0 Å². The van der Waals surface area contributed by atoms with Gasteiger partial charge in [-0.2, -0.15) is 0 Å². The van der Waals surface area contributed by atoms with E-state index in [1.807, 2.05) is 6.92 Å². The van der Waals surface area contributed by atoms with Crippen molar-refractivity contribution < 1.29 is 14.7 Å². The second kappa shape index (κ2) is 5.61. The molecule has 1 aromatic carbocycles. The number of nitrogens with zero attached hydrogens (tertiary/aromatic N) is 1. The van der Waals surface area contributed by atoms with Gasteiger partial charge in [-0.15, -0.1) is 0 Å². The molecule has 1 atom stereocenters. The molecule has 0 saturated carbocycles. The molecule has 1 N–H and O–H groups in total. The minimum Gasteiger partial charge on any atom is -0.481 e. The van der Waals surface area contributed by atoms with Gasteiger partial charge in [-0.3, -0.25) is 9.59 Å². The van der Waals surface area contributed by atoms with E-state index < -0.39 is 5.97 Å². The average Bonchev–Trinajstić information content (AvgIpc) is 2.79. The predicted molar refractivity (Wildman–Crippen MR) is 72.5 cm³/mol. The number of carboxylic acid groups (broad SMARTS) is 1. The van der Waals surface area contributed by atoms with Crippen molar-refractivity contribution in [1.82, 2.24) is 4.90 Å². The predicted octanol–water partition coefficient (Wildman–Crippen LogP) is 2.59. The van der Waals surface area contributed by atoms with Crippen molar-refractivity contribution >= 4 is 23.5 Å². The van der Waals surface area contributed by atoms with E-state index in [1.165, 1.54) is 0 Å². The number of halogens is 1. The Morgan fingerprint density at radius 2 is 2.21 bits per heavy atom. The van der Waals surface area contributed by atoms with Crippen molar-refractivity contribution in [3.63, 3.8) is 0 Å². The van der Waals surface area contributed by atoms with Crippen LogP contribution >= 0.6 is 11.6 Å². The summed E-state index contributed by atoms with van der Waals surface area (Å²) in [4.78, 5) is 24.8. The number of hydrogen-bond donors (Lipinski definition) is 1. The Morgan fingerprint density at radius 3 is 2.89 bits per heavy atom. The van der Waals surface area contributed by atoms with Crippen LogP contribution in [0.25, 0.3) is 0 Å². The third-order valence-corrected chi connectivity index (χ3v) is 3.94. The summed E-state index contributed by atoms with van der Waals surface area (Å²) in [5.41, 5.74) is 1.37. The van der Waals surface area contributed by atoms with Crippen molar-refractivity contribution in [2.75, 3.05) is 13.1 Å². The lowest BCUT2D eigenvalue weighted by molar-refractivity contribution is -0.138. The highest BCUT2D eigenvalue weighted by Gasteiger charge is 2.29. The number of hydrogen-bond acceptors (Lipinski definition) is 2. The van der Waals surface area contributed by atoms with Crippen LogP contribution in [0.4, 0.5) is 0 Å². The minimum atomic E-state index is -0.807. The van der Waals surface area contributed by atoms with Crippen molar-refractivity contribution in [2.45, 2.75) is 19.8 Å². The maximum absolute atomic E-state index is 12.4. The molecule has 0 radical (unpaired) electrons. The number of carbonyl (C=O) groups excluding carboxylic acids is 1.